The van der Waals surface area contributed by atoms with Gasteiger partial charge in [0.05, 0.1) is 10.6 Å². The normalized spacial score (nSPS) is 10.6. The largest absolute Gasteiger partial charge is 0.270 e. The van der Waals surface area contributed by atoms with Crippen molar-refractivity contribution in [1.29, 1.82) is 0 Å². The minimum absolute atomic E-state index is 0.0191. The molecular weight excluding hydrogens is 356 g/mol. The smallest absolute Gasteiger partial charge is 0.269 e. The van der Waals surface area contributed by atoms with Gasteiger partial charge in [-0.1, -0.05) is 24.3 Å². The second kappa shape index (κ2) is 6.70. The number of hydrogen-bond acceptors (Lipinski definition) is 5. The topological polar surface area (TPSA) is 65.1 Å². The predicted molar refractivity (Wildman–Crippen MR) is 102 cm³/mol. The highest BCUT2D eigenvalue weighted by Crippen LogP contribution is 2.27. The van der Waals surface area contributed by atoms with Gasteiger partial charge in [0.15, 0.2) is 3.95 Å². The molecule has 0 aliphatic heterocycles. The number of aromatic nitrogens is 1. The lowest BCUT2D eigenvalue weighted by molar-refractivity contribution is -0.384. The number of nitrogens with zero attached hydrogens (tertiary/aromatic N) is 2. The molecule has 0 unspecified atom stereocenters. The SMILES string of the molecule is Cc1cccc(-n2c(=O)cc(-c3cccc([N+](=O)[O-])c3)sc2=S)c1C. The Morgan fingerprint density at radius 1 is 1.12 bits per heavy atom. The van der Waals surface area contributed by atoms with E-state index >= 15 is 0 Å². The van der Waals surface area contributed by atoms with Crippen molar-refractivity contribution >= 4 is 29.2 Å². The zero-order valence-corrected chi connectivity index (χ0v) is 15.2. The summed E-state index contributed by atoms with van der Waals surface area (Å²) in [6.45, 7) is 3.93. The van der Waals surface area contributed by atoms with E-state index in [4.69, 9.17) is 12.2 Å². The molecule has 0 atom stereocenters. The molecule has 0 N–H and O–H groups in total. The second-order valence-electron chi connectivity index (χ2n) is 5.58. The van der Waals surface area contributed by atoms with E-state index in [9.17, 15) is 14.9 Å². The Balaban J connectivity index is 2.18. The summed E-state index contributed by atoms with van der Waals surface area (Å²) in [6.07, 6.45) is 0. The van der Waals surface area contributed by atoms with Crippen LogP contribution in [0.5, 0.6) is 0 Å². The van der Waals surface area contributed by atoms with Crippen molar-refractivity contribution in [2.24, 2.45) is 0 Å². The molecule has 0 aliphatic rings. The first-order valence-electron chi connectivity index (χ1n) is 7.47. The Hall–Kier alpha value is -2.64. The highest BCUT2D eigenvalue weighted by Gasteiger charge is 2.12. The fraction of sp³-hybridized carbons (Fsp3) is 0.111. The molecule has 5 nitrogen and oxygen atoms in total. The Bertz CT molecular complexity index is 1070. The van der Waals surface area contributed by atoms with E-state index in [1.165, 1.54) is 34.1 Å². The van der Waals surface area contributed by atoms with Gasteiger partial charge in [-0.25, -0.2) is 0 Å². The molecule has 0 aliphatic carbocycles. The van der Waals surface area contributed by atoms with E-state index < -0.39 is 4.92 Å². The van der Waals surface area contributed by atoms with Crippen molar-refractivity contribution < 1.29 is 4.92 Å². The van der Waals surface area contributed by atoms with Gasteiger partial charge in [-0.05, 0) is 48.8 Å². The zero-order chi connectivity index (χ0) is 18.1. The second-order valence-corrected chi connectivity index (χ2v) is 7.25. The summed E-state index contributed by atoms with van der Waals surface area (Å²) in [5.74, 6) is 0. The summed E-state index contributed by atoms with van der Waals surface area (Å²) in [7, 11) is 0. The van der Waals surface area contributed by atoms with Crippen LogP contribution in [0.25, 0.3) is 16.1 Å². The molecule has 3 rings (SSSR count). The molecule has 0 amide bonds. The summed E-state index contributed by atoms with van der Waals surface area (Å²) in [6, 6.07) is 13.4. The third-order valence-corrected chi connectivity index (χ3v) is 5.38. The van der Waals surface area contributed by atoms with E-state index in [0.717, 1.165) is 16.8 Å². The molecule has 126 valence electrons. The first-order valence-corrected chi connectivity index (χ1v) is 8.69. The number of aryl methyl sites for hydroxylation is 1. The first kappa shape index (κ1) is 17.2. The Kier molecular flexibility index (Phi) is 4.61. The molecule has 7 heteroatoms. The van der Waals surface area contributed by atoms with Gasteiger partial charge in [-0.3, -0.25) is 19.5 Å². The number of benzene rings is 2. The van der Waals surface area contributed by atoms with Gasteiger partial charge in [0, 0.05) is 23.1 Å². The van der Waals surface area contributed by atoms with Crippen molar-refractivity contribution in [3.05, 3.63) is 84.1 Å². The van der Waals surface area contributed by atoms with Gasteiger partial charge < -0.3 is 0 Å². The maximum atomic E-state index is 12.7. The maximum absolute atomic E-state index is 12.7. The molecule has 0 saturated heterocycles. The highest BCUT2D eigenvalue weighted by atomic mass is 32.1. The van der Waals surface area contributed by atoms with Gasteiger partial charge >= 0.3 is 0 Å². The van der Waals surface area contributed by atoms with Crippen LogP contribution in [0.4, 0.5) is 5.69 Å². The lowest BCUT2D eigenvalue weighted by atomic mass is 10.1. The van der Waals surface area contributed by atoms with Gasteiger partial charge in [0.25, 0.3) is 11.2 Å². The minimum Gasteiger partial charge on any atom is -0.269 e. The predicted octanol–water partition coefficient (Wildman–Crippen LogP) is 4.82. The number of rotatable bonds is 3. The molecule has 0 spiro atoms. The van der Waals surface area contributed by atoms with Crippen LogP contribution in [0.2, 0.25) is 0 Å². The van der Waals surface area contributed by atoms with Crippen molar-refractivity contribution in [2.75, 3.05) is 0 Å². The van der Waals surface area contributed by atoms with Gasteiger partial charge in [-0.15, -0.1) is 11.3 Å². The fourth-order valence-corrected chi connectivity index (χ4v) is 3.88. The Morgan fingerprint density at radius 3 is 2.52 bits per heavy atom. The number of hydrogen-bond donors (Lipinski definition) is 0. The van der Waals surface area contributed by atoms with Gasteiger partial charge in [0.2, 0.25) is 0 Å². The van der Waals surface area contributed by atoms with Crippen molar-refractivity contribution in [3.63, 3.8) is 0 Å². The van der Waals surface area contributed by atoms with Crippen LogP contribution in [0.3, 0.4) is 0 Å². The lowest BCUT2D eigenvalue weighted by Gasteiger charge is -2.11. The quantitative estimate of drug-likeness (QED) is 0.377. The third kappa shape index (κ3) is 3.29. The van der Waals surface area contributed by atoms with Crippen LogP contribution in [0.1, 0.15) is 11.1 Å². The van der Waals surface area contributed by atoms with Crippen LogP contribution >= 0.6 is 23.6 Å². The van der Waals surface area contributed by atoms with Crippen molar-refractivity contribution in [1.82, 2.24) is 4.57 Å². The molecule has 2 aromatic carbocycles. The summed E-state index contributed by atoms with van der Waals surface area (Å²) < 4.78 is 1.91. The van der Waals surface area contributed by atoms with Crippen LogP contribution in [-0.4, -0.2) is 9.49 Å². The van der Waals surface area contributed by atoms with Crippen molar-refractivity contribution in [2.45, 2.75) is 13.8 Å². The fourth-order valence-electron chi connectivity index (χ4n) is 2.55. The molecule has 3 aromatic rings. The van der Waals surface area contributed by atoms with E-state index in [1.54, 1.807) is 12.1 Å². The molecule has 0 bridgehead atoms. The highest BCUT2D eigenvalue weighted by molar-refractivity contribution is 7.73. The molecule has 0 radical (unpaired) electrons. The molecule has 0 saturated carbocycles. The van der Waals surface area contributed by atoms with E-state index in [2.05, 4.69) is 0 Å². The van der Waals surface area contributed by atoms with E-state index in [1.807, 2.05) is 32.0 Å². The van der Waals surface area contributed by atoms with Crippen LogP contribution in [-0.2, 0) is 0 Å². The Morgan fingerprint density at radius 2 is 1.84 bits per heavy atom. The zero-order valence-electron chi connectivity index (χ0n) is 13.6. The molecule has 25 heavy (non-hydrogen) atoms. The summed E-state index contributed by atoms with van der Waals surface area (Å²) >= 11 is 6.70. The monoisotopic (exact) mass is 370 g/mol. The van der Waals surface area contributed by atoms with Crippen LogP contribution in [0, 0.1) is 27.9 Å². The number of non-ortho nitro benzene ring substituents is 1. The molecule has 1 heterocycles. The van der Waals surface area contributed by atoms with Gasteiger partial charge in [-0.2, -0.15) is 0 Å². The van der Waals surface area contributed by atoms with E-state index in [0.29, 0.717) is 14.4 Å². The summed E-state index contributed by atoms with van der Waals surface area (Å²) in [5.41, 5.74) is 3.16. The number of nitro benzene ring substituents is 1. The van der Waals surface area contributed by atoms with E-state index in [-0.39, 0.29) is 11.2 Å². The third-order valence-electron chi connectivity index (χ3n) is 4.01. The summed E-state index contributed by atoms with van der Waals surface area (Å²) in [4.78, 5) is 23.8. The minimum atomic E-state index is -0.458. The van der Waals surface area contributed by atoms with Crippen LogP contribution in [0.15, 0.2) is 53.3 Å². The van der Waals surface area contributed by atoms with Gasteiger partial charge in [0.1, 0.15) is 0 Å². The average Bonchev–Trinajstić information content (AvgIpc) is 2.58. The molecule has 0 fully saturated rings. The molecular formula is C18H14N2O3S2. The maximum Gasteiger partial charge on any atom is 0.270 e. The Labute approximate surface area is 153 Å². The standard InChI is InChI=1S/C18H14N2O3S2/c1-11-5-3-8-15(12(11)2)19-17(21)10-16(25-18(19)24)13-6-4-7-14(9-13)20(22)23/h3-10H,1-2H3. The molecule has 1 aromatic heterocycles. The number of nitro groups is 1. The summed E-state index contributed by atoms with van der Waals surface area (Å²) in [5, 5.41) is 10.9. The lowest BCUT2D eigenvalue weighted by Crippen LogP contribution is -2.18. The average molecular weight is 370 g/mol. The van der Waals surface area contributed by atoms with Crippen molar-refractivity contribution in [3.8, 4) is 16.1 Å². The first-order chi connectivity index (χ1) is 11.9. The van der Waals surface area contributed by atoms with Crippen LogP contribution < -0.4 is 5.56 Å².